The molecule has 1 aromatic carbocycles. The summed E-state index contributed by atoms with van der Waals surface area (Å²) in [6, 6.07) is 6.63. The number of nitro benzene ring substituents is 1. The lowest BCUT2D eigenvalue weighted by Gasteiger charge is -1.97. The van der Waals surface area contributed by atoms with E-state index in [4.69, 9.17) is 0 Å². The van der Waals surface area contributed by atoms with Gasteiger partial charge in [0, 0.05) is 12.1 Å². The normalized spacial score (nSPS) is 14.9. The Morgan fingerprint density at radius 3 is 2.05 bits per heavy atom. The minimum atomic E-state index is -0.380. The zero-order valence-corrected chi connectivity index (χ0v) is 13.5. The Morgan fingerprint density at radius 2 is 1.63 bits per heavy atom. The number of thioether (sulfide) groups is 4. The molecule has 3 nitrogen and oxygen atoms in total. The second-order valence-corrected chi connectivity index (χ2v) is 8.01. The fourth-order valence-corrected chi connectivity index (χ4v) is 6.37. The van der Waals surface area contributed by atoms with Gasteiger partial charge in [0.1, 0.15) is 0 Å². The van der Waals surface area contributed by atoms with Gasteiger partial charge < -0.3 is 0 Å². The van der Waals surface area contributed by atoms with Crippen LogP contribution in [0.4, 0.5) is 5.69 Å². The number of non-ortho nitro benzene ring substituents is 1. The first kappa shape index (κ1) is 14.9. The Kier molecular flexibility index (Phi) is 5.32. The summed E-state index contributed by atoms with van der Waals surface area (Å²) in [7, 11) is 0. The molecule has 0 fully saturated rings. The van der Waals surface area contributed by atoms with E-state index in [2.05, 4.69) is 18.6 Å². The van der Waals surface area contributed by atoms with Crippen LogP contribution < -0.4 is 0 Å². The highest BCUT2D eigenvalue weighted by atomic mass is 32.3. The maximum absolute atomic E-state index is 10.6. The summed E-state index contributed by atoms with van der Waals surface area (Å²) in [4.78, 5) is 10.2. The molecule has 0 N–H and O–H groups in total. The topological polar surface area (TPSA) is 43.1 Å². The Bertz CT molecular complexity index is 533. The van der Waals surface area contributed by atoms with Gasteiger partial charge in [-0.05, 0) is 36.3 Å². The van der Waals surface area contributed by atoms with Gasteiger partial charge in [0.25, 0.3) is 5.69 Å². The molecule has 0 spiro atoms. The number of hydrogen-bond acceptors (Lipinski definition) is 6. The summed E-state index contributed by atoms with van der Waals surface area (Å²) in [5.74, 6) is 0. The van der Waals surface area contributed by atoms with Gasteiger partial charge in [0.2, 0.25) is 0 Å². The number of rotatable bonds is 4. The van der Waals surface area contributed by atoms with Gasteiger partial charge in [0.15, 0.2) is 0 Å². The number of nitrogens with zero attached hydrogens (tertiary/aromatic N) is 1. The van der Waals surface area contributed by atoms with E-state index >= 15 is 0 Å². The first-order valence-electron chi connectivity index (χ1n) is 5.28. The van der Waals surface area contributed by atoms with Crippen molar-refractivity contribution in [3.8, 4) is 0 Å². The molecule has 0 aromatic heterocycles. The van der Waals surface area contributed by atoms with E-state index in [1.54, 1.807) is 59.2 Å². The van der Waals surface area contributed by atoms with Crippen molar-refractivity contribution in [2.24, 2.45) is 0 Å². The van der Waals surface area contributed by atoms with Gasteiger partial charge in [0.05, 0.1) is 17.6 Å². The predicted molar refractivity (Wildman–Crippen MR) is 90.3 cm³/mol. The molecule has 1 aliphatic heterocycles. The van der Waals surface area contributed by atoms with Crippen LogP contribution in [0.2, 0.25) is 0 Å². The lowest BCUT2D eigenvalue weighted by atomic mass is 10.2. The molecule has 19 heavy (non-hydrogen) atoms. The third kappa shape index (κ3) is 3.75. The summed E-state index contributed by atoms with van der Waals surface area (Å²) in [5.41, 5.74) is 1.12. The van der Waals surface area contributed by atoms with E-state index < -0.39 is 0 Å². The number of benzene rings is 1. The summed E-state index contributed by atoms with van der Waals surface area (Å²) in [6.07, 6.45) is 6.22. The van der Waals surface area contributed by atoms with E-state index in [-0.39, 0.29) is 10.6 Å². The smallest absolute Gasteiger partial charge is 0.258 e. The van der Waals surface area contributed by atoms with Gasteiger partial charge in [-0.3, -0.25) is 10.1 Å². The molecule has 0 saturated heterocycles. The first-order chi connectivity index (χ1) is 9.13. The van der Waals surface area contributed by atoms with Crippen LogP contribution in [-0.2, 0) is 0 Å². The van der Waals surface area contributed by atoms with Gasteiger partial charge in [-0.15, -0.1) is 23.5 Å². The minimum Gasteiger partial charge on any atom is -0.258 e. The van der Waals surface area contributed by atoms with Crippen LogP contribution in [0.25, 0.3) is 6.08 Å². The SMILES string of the molecule is CSC1=C(SC)SC(=Cc2ccc([N+](=O)[O-])cc2)S1. The fraction of sp³-hybridized carbons (Fsp3) is 0.167. The molecule has 2 rings (SSSR count). The minimum absolute atomic E-state index is 0.126. The van der Waals surface area contributed by atoms with Crippen molar-refractivity contribution in [2.75, 3.05) is 12.5 Å². The third-order valence-electron chi connectivity index (χ3n) is 2.31. The highest BCUT2D eigenvalue weighted by molar-refractivity contribution is 8.40. The molecule has 0 aliphatic carbocycles. The van der Waals surface area contributed by atoms with Crippen LogP contribution in [0.15, 0.2) is 37.0 Å². The molecule has 0 unspecified atom stereocenters. The zero-order chi connectivity index (χ0) is 13.8. The molecule has 0 amide bonds. The maximum atomic E-state index is 10.6. The van der Waals surface area contributed by atoms with Gasteiger partial charge in [-0.1, -0.05) is 23.5 Å². The molecule has 1 heterocycles. The predicted octanol–water partition coefficient (Wildman–Crippen LogP) is 5.23. The molecule has 7 heteroatoms. The van der Waals surface area contributed by atoms with Crippen LogP contribution >= 0.6 is 47.0 Å². The molecule has 100 valence electrons. The molecule has 0 saturated carbocycles. The second kappa shape index (κ2) is 6.78. The second-order valence-electron chi connectivity index (χ2n) is 3.50. The lowest BCUT2D eigenvalue weighted by Crippen LogP contribution is -1.86. The van der Waals surface area contributed by atoms with E-state index in [1.807, 2.05) is 0 Å². The Morgan fingerprint density at radius 1 is 1.11 bits per heavy atom. The van der Waals surface area contributed by atoms with Crippen LogP contribution in [0, 0.1) is 10.1 Å². The Balaban J connectivity index is 2.14. The van der Waals surface area contributed by atoms with E-state index in [1.165, 1.54) is 24.8 Å². The lowest BCUT2D eigenvalue weighted by molar-refractivity contribution is -0.384. The van der Waals surface area contributed by atoms with Gasteiger partial charge >= 0.3 is 0 Å². The van der Waals surface area contributed by atoms with E-state index in [9.17, 15) is 10.1 Å². The highest BCUT2D eigenvalue weighted by Crippen LogP contribution is 2.56. The van der Waals surface area contributed by atoms with Crippen molar-refractivity contribution in [3.05, 3.63) is 52.7 Å². The zero-order valence-electron chi connectivity index (χ0n) is 10.3. The van der Waals surface area contributed by atoms with Crippen molar-refractivity contribution in [3.63, 3.8) is 0 Å². The summed E-state index contributed by atoms with van der Waals surface area (Å²) < 4.78 is 3.86. The summed E-state index contributed by atoms with van der Waals surface area (Å²) in [5, 5.41) is 10.6. The monoisotopic (exact) mass is 329 g/mol. The summed E-state index contributed by atoms with van der Waals surface area (Å²) in [6.45, 7) is 0. The summed E-state index contributed by atoms with van der Waals surface area (Å²) >= 11 is 7.03. The van der Waals surface area contributed by atoms with Crippen molar-refractivity contribution in [1.82, 2.24) is 0 Å². The van der Waals surface area contributed by atoms with E-state index in [0.717, 1.165) is 5.56 Å². The van der Waals surface area contributed by atoms with Crippen LogP contribution in [0.3, 0.4) is 0 Å². The quantitative estimate of drug-likeness (QED) is 0.557. The van der Waals surface area contributed by atoms with Crippen LogP contribution in [-0.4, -0.2) is 17.4 Å². The average molecular weight is 329 g/mol. The third-order valence-corrected chi connectivity index (χ3v) is 7.40. The largest absolute Gasteiger partial charge is 0.269 e. The number of nitro groups is 1. The fourth-order valence-electron chi connectivity index (χ4n) is 1.42. The molecule has 0 radical (unpaired) electrons. The van der Waals surface area contributed by atoms with Crippen molar-refractivity contribution >= 4 is 58.8 Å². The highest BCUT2D eigenvalue weighted by Gasteiger charge is 2.19. The standard InChI is InChI=1S/C12H11NO2S4/c1-16-11-12(17-2)19-10(18-11)7-8-3-5-9(6-4-8)13(14)15/h3-7H,1-2H3. The molecular weight excluding hydrogens is 318 g/mol. The Hall–Kier alpha value is -0.500. The van der Waals surface area contributed by atoms with E-state index in [0.29, 0.717) is 0 Å². The maximum Gasteiger partial charge on any atom is 0.269 e. The number of hydrogen-bond donors (Lipinski definition) is 0. The molecular formula is C12H11NO2S4. The van der Waals surface area contributed by atoms with Crippen molar-refractivity contribution in [2.45, 2.75) is 0 Å². The molecule has 1 aromatic rings. The van der Waals surface area contributed by atoms with Gasteiger partial charge in [-0.25, -0.2) is 0 Å². The van der Waals surface area contributed by atoms with Crippen molar-refractivity contribution in [1.29, 1.82) is 0 Å². The Labute approximate surface area is 128 Å². The molecule has 0 bridgehead atoms. The average Bonchev–Trinajstić information content (AvgIpc) is 2.81. The first-order valence-corrected chi connectivity index (χ1v) is 9.36. The van der Waals surface area contributed by atoms with Gasteiger partial charge in [-0.2, -0.15) is 0 Å². The molecule has 0 atom stereocenters. The molecule has 1 aliphatic rings. The van der Waals surface area contributed by atoms with Crippen LogP contribution in [0.5, 0.6) is 0 Å². The van der Waals surface area contributed by atoms with Crippen LogP contribution in [0.1, 0.15) is 5.56 Å². The van der Waals surface area contributed by atoms with Crippen molar-refractivity contribution < 1.29 is 4.92 Å².